The predicted octanol–water partition coefficient (Wildman–Crippen LogP) is 3.68. The molecule has 2 heterocycles. The lowest BCUT2D eigenvalue weighted by molar-refractivity contribution is -0.139. The van der Waals surface area contributed by atoms with Crippen molar-refractivity contribution in [3.05, 3.63) is 0 Å². The summed E-state index contributed by atoms with van der Waals surface area (Å²) < 4.78 is 49.6. The summed E-state index contributed by atoms with van der Waals surface area (Å²) in [6.45, 7) is 5.67. The number of carbonyl (C=O) groups is 1. The van der Waals surface area contributed by atoms with E-state index < -0.39 is 25.1 Å². The Bertz CT molecular complexity index is 1210. The molecule has 9 nitrogen and oxygen atoms in total. The topological polar surface area (TPSA) is 142 Å². The maximum Gasteiger partial charge on any atom is 0.243 e. The van der Waals surface area contributed by atoms with Gasteiger partial charge in [0.15, 0.2) is 19.7 Å². The minimum atomic E-state index is -3.06. The first-order chi connectivity index (χ1) is 20.5. The van der Waals surface area contributed by atoms with Crippen LogP contribution in [0.15, 0.2) is 0 Å². The molecule has 0 aromatic heterocycles. The lowest BCUT2D eigenvalue weighted by atomic mass is 9.73. The molecule has 11 heteroatoms. The fourth-order valence-electron chi connectivity index (χ4n) is 7.94. The van der Waals surface area contributed by atoms with Gasteiger partial charge in [0.05, 0.1) is 28.1 Å². The van der Waals surface area contributed by atoms with Crippen molar-refractivity contribution < 1.29 is 21.6 Å². The third-order valence-electron chi connectivity index (χ3n) is 11.3. The monoisotopic (exact) mass is 638 g/mol. The molecule has 2 saturated heterocycles. The summed E-state index contributed by atoms with van der Waals surface area (Å²) in [4.78, 5) is 17.0. The number of amides is 1. The van der Waals surface area contributed by atoms with E-state index in [2.05, 4.69) is 11.0 Å². The summed E-state index contributed by atoms with van der Waals surface area (Å²) in [7, 11) is -5.92. The van der Waals surface area contributed by atoms with E-state index in [1.54, 1.807) is 4.90 Å². The first kappa shape index (κ1) is 33.2. The van der Waals surface area contributed by atoms with Gasteiger partial charge in [-0.15, -0.1) is 0 Å². The van der Waals surface area contributed by atoms with E-state index in [9.17, 15) is 26.9 Å². The molecule has 244 valence electrons. The van der Waals surface area contributed by atoms with Crippen molar-refractivity contribution in [1.82, 2.24) is 9.80 Å². The Morgan fingerprint density at radius 1 is 0.721 bits per heavy atom. The van der Waals surface area contributed by atoms with Crippen LogP contribution < -0.4 is 5.73 Å². The van der Waals surface area contributed by atoms with Gasteiger partial charge in [-0.3, -0.25) is 4.79 Å². The van der Waals surface area contributed by atoms with Crippen molar-refractivity contribution in [1.29, 1.82) is 5.26 Å². The molecule has 6 aliphatic rings. The SMILES string of the molecule is N#CC1(C(=O)N2CCCC2)CCC(S(=O)(=O)CC2CC2)CC1.NCC1(CN2CCCC2)CCC(S(=O)(=O)CC2CC2)CC1. The van der Waals surface area contributed by atoms with Crippen molar-refractivity contribution in [2.45, 2.75) is 113 Å². The van der Waals surface area contributed by atoms with E-state index in [0.29, 0.717) is 55.6 Å². The molecule has 0 aromatic carbocycles. The molecule has 4 aliphatic carbocycles. The summed E-state index contributed by atoms with van der Waals surface area (Å²) in [6.07, 6.45) is 14.3. The Balaban J connectivity index is 0.000000171. The number of carbonyl (C=O) groups excluding carboxylic acids is 1. The molecule has 0 bridgehead atoms. The van der Waals surface area contributed by atoms with Crippen LogP contribution in [0.1, 0.15) is 103 Å². The Kier molecular flexibility index (Phi) is 10.5. The molecule has 6 rings (SSSR count). The summed E-state index contributed by atoms with van der Waals surface area (Å²) in [5.41, 5.74) is 5.29. The highest BCUT2D eigenvalue weighted by Crippen LogP contribution is 2.43. The number of hydrogen-bond donors (Lipinski definition) is 1. The molecule has 6 fully saturated rings. The zero-order valence-corrected chi connectivity index (χ0v) is 27.7. The van der Waals surface area contributed by atoms with Crippen molar-refractivity contribution in [3.8, 4) is 6.07 Å². The minimum absolute atomic E-state index is 0.0643. The van der Waals surface area contributed by atoms with Crippen LogP contribution in [0.4, 0.5) is 0 Å². The van der Waals surface area contributed by atoms with E-state index in [1.165, 1.54) is 25.9 Å². The van der Waals surface area contributed by atoms with Gasteiger partial charge in [0, 0.05) is 19.6 Å². The third kappa shape index (κ3) is 8.33. The highest BCUT2D eigenvalue weighted by molar-refractivity contribution is 7.92. The molecular weight excluding hydrogens is 585 g/mol. The maximum atomic E-state index is 12.7. The zero-order valence-electron chi connectivity index (χ0n) is 26.1. The third-order valence-corrected chi connectivity index (χ3v) is 16.2. The van der Waals surface area contributed by atoms with Crippen LogP contribution in [-0.2, 0) is 24.5 Å². The molecule has 43 heavy (non-hydrogen) atoms. The highest BCUT2D eigenvalue weighted by Gasteiger charge is 2.48. The number of hydrogen-bond acceptors (Lipinski definition) is 8. The van der Waals surface area contributed by atoms with Crippen molar-refractivity contribution in [3.63, 3.8) is 0 Å². The minimum Gasteiger partial charge on any atom is -0.341 e. The molecule has 1 amide bonds. The number of likely N-dealkylation sites (tertiary alicyclic amines) is 2. The summed E-state index contributed by atoms with van der Waals surface area (Å²) in [6, 6.07) is 2.23. The van der Waals surface area contributed by atoms with Crippen LogP contribution in [0.25, 0.3) is 0 Å². The lowest BCUT2D eigenvalue weighted by Crippen LogP contribution is -2.46. The van der Waals surface area contributed by atoms with Gasteiger partial charge in [0.1, 0.15) is 5.41 Å². The van der Waals surface area contributed by atoms with Gasteiger partial charge in [-0.25, -0.2) is 16.8 Å². The van der Waals surface area contributed by atoms with Gasteiger partial charge in [-0.2, -0.15) is 5.26 Å². The summed E-state index contributed by atoms with van der Waals surface area (Å²) >= 11 is 0. The van der Waals surface area contributed by atoms with Gasteiger partial charge in [-0.05, 0) is 140 Å². The van der Waals surface area contributed by atoms with Crippen LogP contribution in [0, 0.1) is 34.0 Å². The average Bonchev–Trinajstić information content (AvgIpc) is 3.86. The Hall–Kier alpha value is -1.22. The number of nitriles is 1. The normalized spacial score (nSPS) is 33.9. The Labute approximate surface area is 260 Å². The number of sulfone groups is 2. The van der Waals surface area contributed by atoms with E-state index in [-0.39, 0.29) is 21.8 Å². The van der Waals surface area contributed by atoms with Crippen LogP contribution in [0.2, 0.25) is 0 Å². The van der Waals surface area contributed by atoms with Gasteiger partial charge < -0.3 is 15.5 Å². The summed E-state index contributed by atoms with van der Waals surface area (Å²) in [5.74, 6) is 1.52. The van der Waals surface area contributed by atoms with Crippen molar-refractivity contribution in [2.24, 2.45) is 28.4 Å². The molecule has 2 aliphatic heterocycles. The molecule has 4 saturated carbocycles. The standard InChI is InChI=1S/C16H24N2O3S.C16H30N2O2S/c17-12-16(15(19)18-9-1-2-10-18)7-5-14(6-8-16)22(20,21)11-13-3-4-13;17-12-16(13-18-9-1-2-10-18)7-5-15(6-8-16)21(19,20)11-14-3-4-14/h13-14H,1-11H2;14-15H,1-13,17H2. The maximum absolute atomic E-state index is 12.7. The fourth-order valence-corrected chi connectivity index (χ4v) is 12.4. The molecule has 2 N–H and O–H groups in total. The second kappa shape index (κ2) is 13.6. The number of nitrogens with two attached hydrogens (primary N) is 1. The average molecular weight is 639 g/mol. The molecular formula is C32H54N4O5S2. The largest absolute Gasteiger partial charge is 0.341 e. The second-order valence-electron chi connectivity index (χ2n) is 14.8. The van der Waals surface area contributed by atoms with Gasteiger partial charge >= 0.3 is 0 Å². The first-order valence-electron chi connectivity index (χ1n) is 17.1. The molecule has 0 radical (unpaired) electrons. The summed E-state index contributed by atoms with van der Waals surface area (Å²) in [5, 5.41) is 9.14. The fraction of sp³-hybridized carbons (Fsp3) is 0.938. The Morgan fingerprint density at radius 3 is 1.58 bits per heavy atom. The van der Waals surface area contributed by atoms with Crippen LogP contribution in [-0.4, -0.2) is 93.8 Å². The van der Waals surface area contributed by atoms with Gasteiger partial charge in [0.25, 0.3) is 0 Å². The molecule has 0 aromatic rings. The smallest absolute Gasteiger partial charge is 0.243 e. The predicted molar refractivity (Wildman–Crippen MR) is 169 cm³/mol. The van der Waals surface area contributed by atoms with Gasteiger partial charge in [-0.1, -0.05) is 0 Å². The van der Waals surface area contributed by atoms with E-state index in [1.807, 2.05) is 0 Å². The second-order valence-corrected chi connectivity index (χ2v) is 19.5. The lowest BCUT2D eigenvalue weighted by Gasteiger charge is -2.41. The van der Waals surface area contributed by atoms with E-state index >= 15 is 0 Å². The first-order valence-corrected chi connectivity index (χ1v) is 20.5. The van der Waals surface area contributed by atoms with Crippen LogP contribution >= 0.6 is 0 Å². The molecule has 0 unspecified atom stereocenters. The van der Waals surface area contributed by atoms with Gasteiger partial charge in [0.2, 0.25) is 5.91 Å². The number of nitrogens with zero attached hydrogens (tertiary/aromatic N) is 3. The van der Waals surface area contributed by atoms with Crippen molar-refractivity contribution in [2.75, 3.05) is 50.8 Å². The van der Waals surface area contributed by atoms with E-state index in [0.717, 1.165) is 83.8 Å². The van der Waals surface area contributed by atoms with Crippen LogP contribution in [0.3, 0.4) is 0 Å². The molecule has 0 spiro atoms. The van der Waals surface area contributed by atoms with E-state index in [4.69, 9.17) is 5.73 Å². The Morgan fingerprint density at radius 2 is 1.16 bits per heavy atom. The number of rotatable bonds is 10. The van der Waals surface area contributed by atoms with Crippen molar-refractivity contribution >= 4 is 25.6 Å². The molecule has 0 atom stereocenters. The zero-order chi connectivity index (χ0) is 30.7. The quantitative estimate of drug-likeness (QED) is 0.382. The highest BCUT2D eigenvalue weighted by atomic mass is 32.2. The van der Waals surface area contributed by atoms with Crippen LogP contribution in [0.5, 0.6) is 0 Å².